The predicted octanol–water partition coefficient (Wildman–Crippen LogP) is 2.68. The van der Waals surface area contributed by atoms with Crippen LogP contribution in [-0.2, 0) is 33.1 Å². The van der Waals surface area contributed by atoms with E-state index in [1.165, 1.54) is 19.9 Å². The van der Waals surface area contributed by atoms with Gasteiger partial charge in [0.1, 0.15) is 5.65 Å². The summed E-state index contributed by atoms with van der Waals surface area (Å²) in [6.07, 6.45) is 8.62. The summed E-state index contributed by atoms with van der Waals surface area (Å²) < 4.78 is 56.4. The SMILES string of the molecule is O=C(NCc1ccc(S(=O)(=O)N2CCNCC2)cc1)c1cc2ccncc2s1.O=C(NCc1ccc(S(=O)(=O)N2CCNCC2)cc1)c1ccc2nccn2c1. The fraction of sp³-hybridized carbons (Fsp3) is 0.263. The highest BCUT2D eigenvalue weighted by Gasteiger charge is 2.27. The van der Waals surface area contributed by atoms with Gasteiger partial charge in [0.25, 0.3) is 11.8 Å². The lowest BCUT2D eigenvalue weighted by molar-refractivity contribution is 0.0944. The molecule has 6 aromatic rings. The number of hydrogen-bond acceptors (Lipinski definition) is 11. The number of benzene rings is 2. The fourth-order valence-electron chi connectivity index (χ4n) is 6.23. The van der Waals surface area contributed by atoms with Crippen LogP contribution in [0.2, 0.25) is 0 Å². The Balaban J connectivity index is 0.000000172. The van der Waals surface area contributed by atoms with Crippen molar-refractivity contribution in [1.82, 2.24) is 44.2 Å². The first-order valence-electron chi connectivity index (χ1n) is 18.0. The van der Waals surface area contributed by atoms with Crippen molar-refractivity contribution in [3.05, 3.63) is 125 Å². The van der Waals surface area contributed by atoms with E-state index in [1.54, 1.807) is 96.0 Å². The number of piperazine rings is 2. The molecule has 18 heteroatoms. The molecule has 6 heterocycles. The van der Waals surface area contributed by atoms with E-state index >= 15 is 0 Å². The molecule has 56 heavy (non-hydrogen) atoms. The van der Waals surface area contributed by atoms with Crippen LogP contribution in [0.1, 0.15) is 31.2 Å². The Morgan fingerprint density at radius 2 is 1.25 bits per heavy atom. The van der Waals surface area contributed by atoms with Gasteiger partial charge in [0.2, 0.25) is 20.0 Å². The number of imidazole rings is 1. The molecule has 8 rings (SSSR count). The summed E-state index contributed by atoms with van der Waals surface area (Å²) in [5.41, 5.74) is 2.98. The zero-order valence-electron chi connectivity index (χ0n) is 30.3. The summed E-state index contributed by atoms with van der Waals surface area (Å²) in [4.78, 5) is 34.1. The maximum absolute atomic E-state index is 12.7. The molecule has 0 saturated carbocycles. The normalized spacial score (nSPS) is 15.6. The van der Waals surface area contributed by atoms with Gasteiger partial charge in [0.05, 0.1) is 24.9 Å². The first kappa shape index (κ1) is 39.2. The predicted molar refractivity (Wildman–Crippen MR) is 213 cm³/mol. The van der Waals surface area contributed by atoms with E-state index in [1.807, 2.05) is 12.1 Å². The molecule has 2 aliphatic rings. The minimum atomic E-state index is -3.47. The number of hydrogen-bond donors (Lipinski definition) is 4. The minimum absolute atomic E-state index is 0.154. The number of amides is 2. The highest BCUT2D eigenvalue weighted by atomic mass is 32.2. The van der Waals surface area contributed by atoms with E-state index in [9.17, 15) is 26.4 Å². The molecule has 15 nitrogen and oxygen atoms in total. The van der Waals surface area contributed by atoms with E-state index in [4.69, 9.17) is 0 Å². The van der Waals surface area contributed by atoms with Crippen LogP contribution in [0.15, 0.2) is 114 Å². The minimum Gasteiger partial charge on any atom is -0.348 e. The lowest BCUT2D eigenvalue weighted by Gasteiger charge is -2.26. The van der Waals surface area contributed by atoms with Crippen LogP contribution < -0.4 is 21.3 Å². The highest BCUT2D eigenvalue weighted by Crippen LogP contribution is 2.24. The van der Waals surface area contributed by atoms with Crippen molar-refractivity contribution in [2.75, 3.05) is 52.4 Å². The molecule has 0 bridgehead atoms. The molecule has 0 atom stereocenters. The molecular weight excluding hydrogens is 775 g/mol. The number of pyridine rings is 2. The molecule has 4 aromatic heterocycles. The summed E-state index contributed by atoms with van der Waals surface area (Å²) >= 11 is 1.40. The van der Waals surface area contributed by atoms with Crippen molar-refractivity contribution in [2.45, 2.75) is 22.9 Å². The van der Waals surface area contributed by atoms with Gasteiger partial charge < -0.3 is 25.7 Å². The Labute approximate surface area is 328 Å². The van der Waals surface area contributed by atoms with Crippen molar-refractivity contribution in [2.24, 2.45) is 0 Å². The first-order valence-corrected chi connectivity index (χ1v) is 21.7. The van der Waals surface area contributed by atoms with Gasteiger partial charge in [-0.15, -0.1) is 11.3 Å². The molecule has 2 aromatic carbocycles. The monoisotopic (exact) mass is 815 g/mol. The van der Waals surface area contributed by atoms with Crippen LogP contribution in [0, 0.1) is 0 Å². The van der Waals surface area contributed by atoms with Crippen molar-refractivity contribution < 1.29 is 26.4 Å². The van der Waals surface area contributed by atoms with Gasteiger partial charge >= 0.3 is 0 Å². The number of aromatic nitrogens is 3. The number of thiophene rings is 1. The molecule has 292 valence electrons. The van der Waals surface area contributed by atoms with E-state index in [2.05, 4.69) is 31.2 Å². The van der Waals surface area contributed by atoms with Crippen molar-refractivity contribution in [3.63, 3.8) is 0 Å². The molecular formula is C38H41N9O6S3. The topological polar surface area (TPSA) is 187 Å². The average Bonchev–Trinajstić information content (AvgIpc) is 3.91. The van der Waals surface area contributed by atoms with Crippen LogP contribution in [0.25, 0.3) is 15.7 Å². The number of nitrogens with one attached hydrogen (secondary N) is 4. The smallest absolute Gasteiger partial charge is 0.261 e. The number of carbonyl (C=O) groups is 2. The zero-order valence-corrected chi connectivity index (χ0v) is 32.7. The number of fused-ring (bicyclic) bond motifs is 2. The van der Waals surface area contributed by atoms with Crippen LogP contribution in [0.3, 0.4) is 0 Å². The molecule has 0 aliphatic carbocycles. The van der Waals surface area contributed by atoms with Crippen LogP contribution >= 0.6 is 11.3 Å². The number of sulfonamides is 2. The van der Waals surface area contributed by atoms with Gasteiger partial charge in [0, 0.05) is 96.4 Å². The van der Waals surface area contributed by atoms with Crippen molar-refractivity contribution in [3.8, 4) is 0 Å². The quantitative estimate of drug-likeness (QED) is 0.160. The average molecular weight is 816 g/mol. The first-order chi connectivity index (χ1) is 27.1. The van der Waals surface area contributed by atoms with Gasteiger partial charge in [-0.3, -0.25) is 14.6 Å². The Morgan fingerprint density at radius 3 is 1.80 bits per heavy atom. The second-order valence-electron chi connectivity index (χ2n) is 13.1. The van der Waals surface area contributed by atoms with E-state index in [0.717, 1.165) is 26.9 Å². The maximum atomic E-state index is 12.7. The lowest BCUT2D eigenvalue weighted by atomic mass is 10.2. The molecule has 0 unspecified atom stereocenters. The summed E-state index contributed by atoms with van der Waals surface area (Å²) in [6.45, 7) is 5.20. The molecule has 2 fully saturated rings. The van der Waals surface area contributed by atoms with E-state index in [0.29, 0.717) is 75.9 Å². The molecule has 0 radical (unpaired) electrons. The molecule has 0 spiro atoms. The van der Waals surface area contributed by atoms with Crippen molar-refractivity contribution >= 4 is 58.9 Å². The fourth-order valence-corrected chi connectivity index (χ4v) is 10.1. The highest BCUT2D eigenvalue weighted by molar-refractivity contribution is 7.89. The maximum Gasteiger partial charge on any atom is 0.261 e. The zero-order chi connectivity index (χ0) is 39.1. The summed E-state index contributed by atoms with van der Waals surface area (Å²) in [5, 5.41) is 13.0. The van der Waals surface area contributed by atoms with Gasteiger partial charge in [-0.2, -0.15) is 8.61 Å². The number of nitrogens with zero attached hydrogens (tertiary/aromatic N) is 5. The molecule has 2 aliphatic heterocycles. The second kappa shape index (κ2) is 17.4. The van der Waals surface area contributed by atoms with Gasteiger partial charge in [0.15, 0.2) is 0 Å². The van der Waals surface area contributed by atoms with Gasteiger partial charge in [-0.05, 0) is 65.0 Å². The third-order valence-corrected chi connectivity index (χ3v) is 14.3. The Hall–Kier alpha value is -5.08. The summed E-state index contributed by atoms with van der Waals surface area (Å²) in [6, 6.07) is 20.6. The van der Waals surface area contributed by atoms with Crippen LogP contribution in [0.4, 0.5) is 0 Å². The van der Waals surface area contributed by atoms with Crippen LogP contribution in [0.5, 0.6) is 0 Å². The van der Waals surface area contributed by atoms with E-state index in [-0.39, 0.29) is 21.6 Å². The summed E-state index contributed by atoms with van der Waals surface area (Å²) in [5.74, 6) is -0.355. The standard InChI is InChI=1S/C19H21N5O3S.C19H20N4O3S2/c25-19(16-3-6-18-21-9-10-23(18)14-16)22-13-15-1-4-17(5-2-15)28(26,27)24-11-7-20-8-12-24;24-19(17-11-15-5-6-21-13-18(15)27-17)22-12-14-1-3-16(4-2-14)28(25,26)23-9-7-20-8-10-23/h1-6,9-10,14,20H,7-8,11-13H2,(H,22,25);1-6,11,13,20H,7-10,12H2,(H,22,24). The van der Waals surface area contributed by atoms with Crippen LogP contribution in [-0.4, -0.2) is 104 Å². The van der Waals surface area contributed by atoms with Crippen molar-refractivity contribution in [1.29, 1.82) is 0 Å². The molecule has 2 amide bonds. The third-order valence-electron chi connectivity index (χ3n) is 9.38. The van der Waals surface area contributed by atoms with Gasteiger partial charge in [-0.25, -0.2) is 21.8 Å². The third kappa shape index (κ3) is 9.13. The molecule has 2 saturated heterocycles. The number of carbonyl (C=O) groups excluding carboxylic acids is 2. The molecule has 4 N–H and O–H groups in total. The Morgan fingerprint density at radius 1 is 0.696 bits per heavy atom. The van der Waals surface area contributed by atoms with Gasteiger partial charge in [-0.1, -0.05) is 24.3 Å². The number of rotatable bonds is 10. The lowest BCUT2D eigenvalue weighted by Crippen LogP contribution is -2.46. The Kier molecular flexibility index (Phi) is 12.2. The Bertz CT molecular complexity index is 2390. The summed E-state index contributed by atoms with van der Waals surface area (Å²) in [7, 11) is -6.94. The second-order valence-corrected chi connectivity index (χ2v) is 18.1. The van der Waals surface area contributed by atoms with E-state index < -0.39 is 20.0 Å². The largest absolute Gasteiger partial charge is 0.348 e.